The molecule has 136 valence electrons. The Morgan fingerprint density at radius 2 is 1.72 bits per heavy atom. The van der Waals surface area contributed by atoms with E-state index < -0.39 is 0 Å². The number of benzene rings is 1. The Bertz CT molecular complexity index is 611. The van der Waals surface area contributed by atoms with Gasteiger partial charge in [-0.15, -0.1) is 0 Å². The number of nitrogens with zero attached hydrogens (tertiary/aromatic N) is 4. The highest BCUT2D eigenvalue weighted by Gasteiger charge is 2.32. The number of carbonyl (C=O) groups excluding carboxylic acids is 2. The molecule has 7 nitrogen and oxygen atoms in total. The van der Waals surface area contributed by atoms with Crippen LogP contribution in [0.3, 0.4) is 0 Å². The largest absolute Gasteiger partial charge is 0.497 e. The zero-order valence-corrected chi connectivity index (χ0v) is 15.0. The molecule has 2 aliphatic rings. The number of methoxy groups -OCH3 is 1. The van der Waals surface area contributed by atoms with E-state index in [1.54, 1.807) is 16.9 Å². The Balaban J connectivity index is 1.55. The summed E-state index contributed by atoms with van der Waals surface area (Å²) in [7, 11) is 1.61. The second kappa shape index (κ2) is 7.74. The number of piperazine rings is 1. The number of likely N-dealkylation sites (N-methyl/N-ethyl adjacent to an activating group) is 1. The molecule has 0 unspecified atom stereocenters. The third-order valence-corrected chi connectivity index (χ3v) is 4.98. The van der Waals surface area contributed by atoms with Crippen LogP contribution in [0.5, 0.6) is 5.75 Å². The van der Waals surface area contributed by atoms with Gasteiger partial charge in [0.25, 0.3) is 0 Å². The molecule has 3 amide bonds. The van der Waals surface area contributed by atoms with Crippen LogP contribution in [-0.4, -0.2) is 86.1 Å². The Morgan fingerprint density at radius 3 is 2.32 bits per heavy atom. The van der Waals surface area contributed by atoms with Crippen LogP contribution in [0.25, 0.3) is 0 Å². The van der Waals surface area contributed by atoms with E-state index >= 15 is 0 Å². The smallest absolute Gasteiger partial charge is 0.325 e. The lowest BCUT2D eigenvalue weighted by atomic mass is 10.3. The van der Waals surface area contributed by atoms with Gasteiger partial charge in [0.15, 0.2) is 0 Å². The maximum Gasteiger partial charge on any atom is 0.325 e. The molecule has 2 aliphatic heterocycles. The summed E-state index contributed by atoms with van der Waals surface area (Å²) in [6.45, 7) is 7.80. The lowest BCUT2D eigenvalue weighted by Gasteiger charge is -2.34. The number of rotatable bonds is 5. The first kappa shape index (κ1) is 17.5. The molecular weight excluding hydrogens is 320 g/mol. The monoisotopic (exact) mass is 346 g/mol. The van der Waals surface area contributed by atoms with Crippen LogP contribution in [0.15, 0.2) is 24.3 Å². The van der Waals surface area contributed by atoms with Gasteiger partial charge in [-0.05, 0) is 30.8 Å². The Labute approximate surface area is 148 Å². The molecule has 0 N–H and O–H groups in total. The number of ether oxygens (including phenoxy) is 1. The summed E-state index contributed by atoms with van der Waals surface area (Å²) in [4.78, 5) is 32.7. The first-order chi connectivity index (χ1) is 12.1. The van der Waals surface area contributed by atoms with Gasteiger partial charge in [0.05, 0.1) is 7.11 Å². The van der Waals surface area contributed by atoms with E-state index in [0.29, 0.717) is 13.1 Å². The first-order valence-corrected chi connectivity index (χ1v) is 8.83. The van der Waals surface area contributed by atoms with Crippen LogP contribution in [0.4, 0.5) is 10.5 Å². The molecule has 1 aromatic carbocycles. The second-order valence-corrected chi connectivity index (χ2v) is 6.37. The maximum absolute atomic E-state index is 12.6. The highest BCUT2D eigenvalue weighted by molar-refractivity contribution is 5.96. The minimum atomic E-state index is -0.106. The zero-order chi connectivity index (χ0) is 17.8. The summed E-state index contributed by atoms with van der Waals surface area (Å²) in [5.74, 6) is 0.800. The zero-order valence-electron chi connectivity index (χ0n) is 15.0. The third-order valence-electron chi connectivity index (χ3n) is 4.98. The number of carbonyl (C=O) groups is 2. The van der Waals surface area contributed by atoms with Crippen molar-refractivity contribution in [3.05, 3.63) is 24.3 Å². The molecule has 0 atom stereocenters. The molecule has 25 heavy (non-hydrogen) atoms. The molecular formula is C18H26N4O3. The van der Waals surface area contributed by atoms with Crippen LogP contribution in [0.2, 0.25) is 0 Å². The molecule has 2 saturated heterocycles. The first-order valence-electron chi connectivity index (χ1n) is 8.83. The van der Waals surface area contributed by atoms with Crippen molar-refractivity contribution in [3.63, 3.8) is 0 Å². The molecule has 3 rings (SSSR count). The van der Waals surface area contributed by atoms with Gasteiger partial charge in [0, 0.05) is 45.0 Å². The molecule has 0 aromatic heterocycles. The minimum absolute atomic E-state index is 0.0423. The molecule has 7 heteroatoms. The van der Waals surface area contributed by atoms with E-state index in [4.69, 9.17) is 4.74 Å². The highest BCUT2D eigenvalue weighted by atomic mass is 16.5. The van der Waals surface area contributed by atoms with E-state index in [0.717, 1.165) is 44.2 Å². The number of hydrogen-bond acceptors (Lipinski definition) is 4. The fourth-order valence-corrected chi connectivity index (χ4v) is 3.31. The summed E-state index contributed by atoms with van der Waals surface area (Å²) in [5, 5.41) is 0. The van der Waals surface area contributed by atoms with Crippen molar-refractivity contribution in [3.8, 4) is 5.75 Å². The van der Waals surface area contributed by atoms with Crippen molar-refractivity contribution in [2.45, 2.75) is 6.92 Å². The van der Waals surface area contributed by atoms with Gasteiger partial charge in [0.2, 0.25) is 5.91 Å². The van der Waals surface area contributed by atoms with Crippen molar-refractivity contribution < 1.29 is 14.3 Å². The number of urea groups is 1. The molecule has 1 aromatic rings. The fraction of sp³-hybridized carbons (Fsp3) is 0.556. The minimum Gasteiger partial charge on any atom is -0.497 e. The second-order valence-electron chi connectivity index (χ2n) is 6.37. The number of anilines is 1. The van der Waals surface area contributed by atoms with Gasteiger partial charge < -0.3 is 19.4 Å². The van der Waals surface area contributed by atoms with Gasteiger partial charge in [-0.1, -0.05) is 6.92 Å². The summed E-state index contributed by atoms with van der Waals surface area (Å²) >= 11 is 0. The topological polar surface area (TPSA) is 56.3 Å². The van der Waals surface area contributed by atoms with E-state index in [2.05, 4.69) is 11.8 Å². The van der Waals surface area contributed by atoms with Crippen LogP contribution in [0.1, 0.15) is 6.92 Å². The Kier molecular flexibility index (Phi) is 5.43. The van der Waals surface area contributed by atoms with Gasteiger partial charge >= 0.3 is 6.03 Å². The number of amides is 3. The van der Waals surface area contributed by atoms with E-state index in [-0.39, 0.29) is 18.5 Å². The van der Waals surface area contributed by atoms with Crippen LogP contribution in [-0.2, 0) is 4.79 Å². The fourth-order valence-electron chi connectivity index (χ4n) is 3.31. The summed E-state index contributed by atoms with van der Waals surface area (Å²) in [5.41, 5.74) is 0.831. The standard InChI is InChI=1S/C18H26N4O3/c1-3-19-8-10-20(11-9-19)17(23)14-21-12-13-22(18(21)24)15-4-6-16(25-2)7-5-15/h4-7H,3,8-14H2,1-2H3. The Hall–Kier alpha value is -2.28. The third kappa shape index (κ3) is 3.87. The van der Waals surface area contributed by atoms with E-state index in [9.17, 15) is 9.59 Å². The molecule has 0 bridgehead atoms. The lowest BCUT2D eigenvalue weighted by Crippen LogP contribution is -2.51. The van der Waals surface area contributed by atoms with Crippen molar-refractivity contribution in [2.24, 2.45) is 0 Å². The average molecular weight is 346 g/mol. The summed E-state index contributed by atoms with van der Waals surface area (Å²) in [6.07, 6.45) is 0. The summed E-state index contributed by atoms with van der Waals surface area (Å²) < 4.78 is 5.15. The van der Waals surface area contributed by atoms with Crippen molar-refractivity contribution >= 4 is 17.6 Å². The van der Waals surface area contributed by atoms with Crippen LogP contribution >= 0.6 is 0 Å². The molecule has 2 fully saturated rings. The van der Waals surface area contributed by atoms with Crippen molar-refractivity contribution in [1.82, 2.24) is 14.7 Å². The summed E-state index contributed by atoms with van der Waals surface area (Å²) in [6, 6.07) is 7.30. The van der Waals surface area contributed by atoms with Crippen molar-refractivity contribution in [1.29, 1.82) is 0 Å². The Morgan fingerprint density at radius 1 is 1.04 bits per heavy atom. The van der Waals surface area contributed by atoms with Crippen LogP contribution in [0, 0.1) is 0 Å². The van der Waals surface area contributed by atoms with Gasteiger partial charge in [-0.25, -0.2) is 4.79 Å². The van der Waals surface area contributed by atoms with Gasteiger partial charge in [-0.3, -0.25) is 9.69 Å². The molecule has 0 aliphatic carbocycles. The van der Waals surface area contributed by atoms with E-state index in [1.165, 1.54) is 0 Å². The average Bonchev–Trinajstić information content (AvgIpc) is 3.02. The molecule has 0 radical (unpaired) electrons. The van der Waals surface area contributed by atoms with Crippen molar-refractivity contribution in [2.75, 3.05) is 64.4 Å². The van der Waals surface area contributed by atoms with E-state index in [1.807, 2.05) is 29.2 Å². The van der Waals surface area contributed by atoms with Crippen LogP contribution < -0.4 is 9.64 Å². The SMILES string of the molecule is CCN1CCN(C(=O)CN2CCN(c3ccc(OC)cc3)C2=O)CC1. The molecule has 2 heterocycles. The predicted octanol–water partition coefficient (Wildman–Crippen LogP) is 1.10. The molecule has 0 spiro atoms. The quantitative estimate of drug-likeness (QED) is 0.801. The normalized spacial score (nSPS) is 18.8. The lowest BCUT2D eigenvalue weighted by molar-refractivity contribution is -0.133. The highest BCUT2D eigenvalue weighted by Crippen LogP contribution is 2.23. The van der Waals surface area contributed by atoms with Gasteiger partial charge in [-0.2, -0.15) is 0 Å². The van der Waals surface area contributed by atoms with Gasteiger partial charge in [0.1, 0.15) is 12.3 Å². The predicted molar refractivity (Wildman–Crippen MR) is 96.0 cm³/mol. The number of hydrogen-bond donors (Lipinski definition) is 0. The molecule has 0 saturated carbocycles. The maximum atomic E-state index is 12.6.